The van der Waals surface area contributed by atoms with Gasteiger partial charge in [0.15, 0.2) is 0 Å². The zero-order chi connectivity index (χ0) is 13.3. The molecule has 2 nitrogen and oxygen atoms in total. The minimum Gasteiger partial charge on any atom is -0.312 e. The molecule has 1 unspecified atom stereocenters. The van der Waals surface area contributed by atoms with Crippen molar-refractivity contribution >= 4 is 27.3 Å². The zero-order valence-corrected chi connectivity index (χ0v) is 12.8. The molecule has 0 aliphatic carbocycles. The zero-order valence-electron chi connectivity index (χ0n) is 10.4. The van der Waals surface area contributed by atoms with Crippen molar-refractivity contribution < 1.29 is 4.39 Å². The lowest BCUT2D eigenvalue weighted by atomic mass is 10.2. The molecule has 1 heterocycles. The highest BCUT2D eigenvalue weighted by molar-refractivity contribution is 9.10. The van der Waals surface area contributed by atoms with Crippen LogP contribution in [0.15, 0.2) is 22.7 Å². The Morgan fingerprint density at radius 3 is 2.78 bits per heavy atom. The van der Waals surface area contributed by atoms with Gasteiger partial charge in [0.05, 0.1) is 10.2 Å². The number of aryl methyl sites for hydroxylation is 1. The summed E-state index contributed by atoms with van der Waals surface area (Å²) >= 11 is 4.76. The first-order valence-electron chi connectivity index (χ1n) is 5.63. The summed E-state index contributed by atoms with van der Waals surface area (Å²) in [6.07, 6.45) is 0. The van der Waals surface area contributed by atoms with Gasteiger partial charge in [-0.1, -0.05) is 6.07 Å². The predicted octanol–water partition coefficient (Wildman–Crippen LogP) is 4.30. The molecule has 18 heavy (non-hydrogen) atoms. The van der Waals surface area contributed by atoms with Crippen LogP contribution in [0.3, 0.4) is 0 Å². The molecule has 0 aliphatic rings. The number of nitrogens with one attached hydrogen (secondary N) is 1. The highest BCUT2D eigenvalue weighted by Crippen LogP contribution is 2.32. The average molecular weight is 329 g/mol. The fourth-order valence-corrected chi connectivity index (χ4v) is 3.06. The number of aromatic nitrogens is 1. The second-order valence-electron chi connectivity index (χ2n) is 4.11. The number of hydrogen-bond donors (Lipinski definition) is 1. The molecule has 0 bridgehead atoms. The molecule has 0 aliphatic heterocycles. The van der Waals surface area contributed by atoms with E-state index in [9.17, 15) is 4.39 Å². The van der Waals surface area contributed by atoms with E-state index in [-0.39, 0.29) is 11.9 Å². The molecular formula is C13H14BrFN2S. The molecule has 0 fully saturated rings. The number of benzene rings is 1. The third-order valence-corrected chi connectivity index (χ3v) is 4.86. The first kappa shape index (κ1) is 13.6. The number of hydrogen-bond acceptors (Lipinski definition) is 3. The minimum absolute atomic E-state index is 0.261. The van der Waals surface area contributed by atoms with Crippen LogP contribution in [0, 0.1) is 12.7 Å². The Labute approximate surface area is 118 Å². The fraction of sp³-hybridized carbons (Fsp3) is 0.308. The maximum atomic E-state index is 13.5. The monoisotopic (exact) mass is 328 g/mol. The van der Waals surface area contributed by atoms with Crippen LogP contribution in [-0.2, 0) is 0 Å². The van der Waals surface area contributed by atoms with Gasteiger partial charge >= 0.3 is 0 Å². The molecule has 5 heteroatoms. The summed E-state index contributed by atoms with van der Waals surface area (Å²) in [5, 5.41) is 4.05. The number of halogens is 2. The largest absolute Gasteiger partial charge is 0.312 e. The molecule has 96 valence electrons. The van der Waals surface area contributed by atoms with Gasteiger partial charge in [0.2, 0.25) is 0 Å². The summed E-state index contributed by atoms with van der Waals surface area (Å²) in [6.45, 7) is 4.07. The Morgan fingerprint density at radius 1 is 1.44 bits per heavy atom. The van der Waals surface area contributed by atoms with Crippen molar-refractivity contribution in [3.63, 3.8) is 0 Å². The maximum absolute atomic E-state index is 13.5. The van der Waals surface area contributed by atoms with Gasteiger partial charge in [-0.15, -0.1) is 11.3 Å². The Balaban J connectivity index is 2.42. The van der Waals surface area contributed by atoms with E-state index >= 15 is 0 Å². The minimum atomic E-state index is -0.261. The molecule has 1 N–H and O–H groups in total. The van der Waals surface area contributed by atoms with E-state index in [0.29, 0.717) is 4.47 Å². The highest BCUT2D eigenvalue weighted by Gasteiger charge is 2.14. The SMILES string of the molecule is CNC(C)c1sc(-c2ccc(Br)c(F)c2)nc1C. The highest BCUT2D eigenvalue weighted by atomic mass is 79.9. The summed E-state index contributed by atoms with van der Waals surface area (Å²) in [4.78, 5) is 5.71. The number of nitrogens with zero attached hydrogens (tertiary/aromatic N) is 1. The Kier molecular flexibility index (Phi) is 4.14. The van der Waals surface area contributed by atoms with Crippen LogP contribution in [0.2, 0.25) is 0 Å². The van der Waals surface area contributed by atoms with Gasteiger partial charge in [0, 0.05) is 16.5 Å². The molecule has 1 aromatic carbocycles. The van der Waals surface area contributed by atoms with Crippen LogP contribution < -0.4 is 5.32 Å². The van der Waals surface area contributed by atoms with Crippen molar-refractivity contribution in [3.8, 4) is 10.6 Å². The topological polar surface area (TPSA) is 24.9 Å². The standard InChI is InChI=1S/C13H14BrFN2S/c1-7(16-3)12-8(2)17-13(18-12)9-4-5-10(14)11(15)6-9/h4-7,16H,1-3H3. The Hall–Kier alpha value is -0.780. The number of thiazole rings is 1. The van der Waals surface area contributed by atoms with Gasteiger partial charge in [-0.25, -0.2) is 9.37 Å². The quantitative estimate of drug-likeness (QED) is 0.908. The molecular weight excluding hydrogens is 315 g/mol. The molecule has 0 radical (unpaired) electrons. The molecule has 0 saturated carbocycles. The second-order valence-corrected chi connectivity index (χ2v) is 5.99. The third-order valence-electron chi connectivity index (χ3n) is 2.83. The van der Waals surface area contributed by atoms with Gasteiger partial charge in [-0.2, -0.15) is 0 Å². The lowest BCUT2D eigenvalue weighted by Crippen LogP contribution is -2.11. The summed E-state index contributed by atoms with van der Waals surface area (Å²) in [7, 11) is 1.92. The van der Waals surface area contributed by atoms with E-state index in [1.165, 1.54) is 10.9 Å². The van der Waals surface area contributed by atoms with Crippen molar-refractivity contribution in [3.05, 3.63) is 39.1 Å². The average Bonchev–Trinajstić information content (AvgIpc) is 2.74. The van der Waals surface area contributed by atoms with Crippen molar-refractivity contribution in [2.45, 2.75) is 19.9 Å². The van der Waals surface area contributed by atoms with E-state index in [1.807, 2.05) is 20.0 Å². The van der Waals surface area contributed by atoms with Crippen LogP contribution in [0.4, 0.5) is 4.39 Å². The first-order chi connectivity index (χ1) is 8.52. The molecule has 1 atom stereocenters. The fourth-order valence-electron chi connectivity index (χ4n) is 1.69. The van der Waals surface area contributed by atoms with Gasteiger partial charge in [0.1, 0.15) is 10.8 Å². The van der Waals surface area contributed by atoms with Crippen LogP contribution >= 0.6 is 27.3 Å². The van der Waals surface area contributed by atoms with Crippen LogP contribution in [0.1, 0.15) is 23.5 Å². The third kappa shape index (κ3) is 2.63. The van der Waals surface area contributed by atoms with Crippen molar-refractivity contribution in [2.75, 3.05) is 7.05 Å². The Bertz CT molecular complexity index is 568. The van der Waals surface area contributed by atoms with E-state index in [1.54, 1.807) is 17.4 Å². The van der Waals surface area contributed by atoms with Crippen LogP contribution in [0.25, 0.3) is 10.6 Å². The summed E-state index contributed by atoms with van der Waals surface area (Å²) < 4.78 is 14.0. The molecule has 0 saturated heterocycles. The van der Waals surface area contributed by atoms with E-state index in [2.05, 4.69) is 33.2 Å². The molecule has 0 spiro atoms. The van der Waals surface area contributed by atoms with Gasteiger partial charge in [0.25, 0.3) is 0 Å². The molecule has 2 rings (SSSR count). The second kappa shape index (κ2) is 5.47. The normalized spacial score (nSPS) is 12.7. The van der Waals surface area contributed by atoms with Crippen molar-refractivity contribution in [1.29, 1.82) is 0 Å². The number of rotatable bonds is 3. The molecule has 1 aromatic heterocycles. The van der Waals surface area contributed by atoms with Gasteiger partial charge in [-0.05, 0) is 49.0 Å². The maximum Gasteiger partial charge on any atom is 0.138 e. The summed E-state index contributed by atoms with van der Waals surface area (Å²) in [6, 6.07) is 5.36. The summed E-state index contributed by atoms with van der Waals surface area (Å²) in [5.41, 5.74) is 1.82. The molecule has 2 aromatic rings. The summed E-state index contributed by atoms with van der Waals surface area (Å²) in [5.74, 6) is -0.261. The van der Waals surface area contributed by atoms with Gasteiger partial charge in [-0.3, -0.25) is 0 Å². The smallest absolute Gasteiger partial charge is 0.138 e. The van der Waals surface area contributed by atoms with Crippen molar-refractivity contribution in [2.24, 2.45) is 0 Å². The van der Waals surface area contributed by atoms with Crippen LogP contribution in [-0.4, -0.2) is 12.0 Å². The lowest BCUT2D eigenvalue weighted by Gasteiger charge is -2.06. The van der Waals surface area contributed by atoms with E-state index < -0.39 is 0 Å². The van der Waals surface area contributed by atoms with Gasteiger partial charge < -0.3 is 5.32 Å². The Morgan fingerprint density at radius 2 is 2.17 bits per heavy atom. The predicted molar refractivity (Wildman–Crippen MR) is 77.4 cm³/mol. The molecule has 0 amide bonds. The first-order valence-corrected chi connectivity index (χ1v) is 7.24. The van der Waals surface area contributed by atoms with Crippen LogP contribution in [0.5, 0.6) is 0 Å². The van der Waals surface area contributed by atoms with Crippen molar-refractivity contribution in [1.82, 2.24) is 10.3 Å². The van der Waals surface area contributed by atoms with E-state index in [0.717, 1.165) is 16.3 Å². The lowest BCUT2D eigenvalue weighted by molar-refractivity contribution is 0.621. The van der Waals surface area contributed by atoms with E-state index in [4.69, 9.17) is 0 Å².